The van der Waals surface area contributed by atoms with Crippen LogP contribution in [0.25, 0.3) is 0 Å². The molecule has 2 aliphatic heterocycles. The minimum absolute atomic E-state index is 0.0131. The van der Waals surface area contributed by atoms with Crippen LogP contribution in [-0.2, 0) is 19.4 Å². The van der Waals surface area contributed by atoms with E-state index in [0.717, 1.165) is 5.56 Å². The van der Waals surface area contributed by atoms with Crippen LogP contribution in [0.3, 0.4) is 0 Å². The summed E-state index contributed by atoms with van der Waals surface area (Å²) >= 11 is 0. The number of carbonyl (C=O) groups excluding carboxylic acids is 4. The van der Waals surface area contributed by atoms with Gasteiger partial charge in [-0.25, -0.2) is 14.7 Å². The zero-order chi connectivity index (χ0) is 32.5. The van der Waals surface area contributed by atoms with Crippen molar-refractivity contribution in [2.24, 2.45) is 0 Å². The maximum absolute atomic E-state index is 13.7. The molecule has 0 spiro atoms. The monoisotopic (exact) mass is 600 g/mol. The Morgan fingerprint density at radius 1 is 0.837 bits per heavy atom. The molecule has 3 rings (SSSR count). The minimum Gasteiger partial charge on any atom is -0.447 e. The summed E-state index contributed by atoms with van der Waals surface area (Å²) in [5.41, 5.74) is -0.830. The van der Waals surface area contributed by atoms with Gasteiger partial charge in [0.1, 0.15) is 6.61 Å². The van der Waals surface area contributed by atoms with Crippen LogP contribution >= 0.6 is 0 Å². The van der Waals surface area contributed by atoms with Crippen LogP contribution in [0.15, 0.2) is 18.2 Å². The van der Waals surface area contributed by atoms with Crippen molar-refractivity contribution in [3.05, 3.63) is 30.7 Å². The van der Waals surface area contributed by atoms with Gasteiger partial charge in [0.05, 0.1) is 17.6 Å². The van der Waals surface area contributed by atoms with Crippen molar-refractivity contribution < 1.29 is 29.0 Å². The molecule has 1 aromatic rings. The number of rotatable bonds is 9. The first-order chi connectivity index (χ1) is 19.7. The minimum atomic E-state index is -1.46. The normalized spacial score (nSPS) is 21.4. The van der Waals surface area contributed by atoms with Crippen LogP contribution in [0.1, 0.15) is 61.0 Å². The summed E-state index contributed by atoms with van der Waals surface area (Å²) in [6.45, 7) is 24.8. The second kappa shape index (κ2) is 12.3. The summed E-state index contributed by atoms with van der Waals surface area (Å²) in [5.74, 6) is -0.00780. The van der Waals surface area contributed by atoms with Crippen LogP contribution in [0.5, 0.6) is 0 Å². The molecule has 2 radical (unpaired) electrons. The summed E-state index contributed by atoms with van der Waals surface area (Å²) in [6.07, 6.45) is -2.17. The van der Waals surface area contributed by atoms with E-state index in [1.165, 1.54) is 6.07 Å². The van der Waals surface area contributed by atoms with Crippen LogP contribution in [0.4, 0.5) is 21.0 Å². The zero-order valence-electron chi connectivity index (χ0n) is 27.1. The predicted octanol–water partition coefficient (Wildman–Crippen LogP) is 3.74. The molecule has 0 saturated carbocycles. The molecule has 2 N–H and O–H groups in total. The van der Waals surface area contributed by atoms with E-state index in [2.05, 4.69) is 55.1 Å². The Morgan fingerprint density at radius 3 is 1.86 bits per heavy atom. The van der Waals surface area contributed by atoms with E-state index in [4.69, 9.17) is 4.74 Å². The molecule has 2 saturated heterocycles. The summed E-state index contributed by atoms with van der Waals surface area (Å²) in [4.78, 5) is 58.2. The number of ether oxygens (including phenoxy) is 1. The summed E-state index contributed by atoms with van der Waals surface area (Å²) in [6, 6.07) is 4.69. The molecule has 0 atom stereocenters. The maximum atomic E-state index is 13.7. The van der Waals surface area contributed by atoms with Gasteiger partial charge in [0.2, 0.25) is 11.8 Å². The van der Waals surface area contributed by atoms with Gasteiger partial charge in [0.15, 0.2) is 0 Å². The Hall–Kier alpha value is -3.38. The molecule has 0 bridgehead atoms. The van der Waals surface area contributed by atoms with Gasteiger partial charge in [-0.1, -0.05) is 6.07 Å². The fourth-order valence-corrected chi connectivity index (χ4v) is 6.84. The third-order valence-electron chi connectivity index (χ3n) is 8.72. The molecule has 2 fully saturated rings. The lowest BCUT2D eigenvalue weighted by Crippen LogP contribution is -2.75. The molecule has 12 nitrogen and oxygen atoms in total. The number of hydrogen-bond donors (Lipinski definition) is 2. The molecule has 43 heavy (non-hydrogen) atoms. The number of aryl methyl sites for hydroxylation is 1. The first kappa shape index (κ1) is 34.1. The Balaban J connectivity index is 1.63. The van der Waals surface area contributed by atoms with Crippen LogP contribution in [0, 0.1) is 13.8 Å². The highest BCUT2D eigenvalue weighted by Crippen LogP contribution is 2.36. The van der Waals surface area contributed by atoms with Crippen molar-refractivity contribution in [2.45, 2.75) is 84.5 Å². The van der Waals surface area contributed by atoms with Gasteiger partial charge in [-0.05, 0) is 86.9 Å². The van der Waals surface area contributed by atoms with Crippen molar-refractivity contribution in [3.8, 4) is 0 Å². The fraction of sp³-hybridized carbons (Fsp3) is 0.645. The number of anilines is 2. The first-order valence-electron chi connectivity index (χ1n) is 14.7. The number of amides is 4. The van der Waals surface area contributed by atoms with E-state index in [1.54, 1.807) is 24.0 Å². The van der Waals surface area contributed by atoms with Crippen molar-refractivity contribution >= 4 is 35.4 Å². The molecule has 12 heteroatoms. The van der Waals surface area contributed by atoms with Crippen LogP contribution < -0.4 is 10.6 Å². The molecule has 0 aromatic heterocycles. The van der Waals surface area contributed by atoms with Gasteiger partial charge < -0.3 is 14.5 Å². The van der Waals surface area contributed by atoms with Gasteiger partial charge in [0.25, 0.3) is 0 Å². The van der Waals surface area contributed by atoms with E-state index >= 15 is 0 Å². The van der Waals surface area contributed by atoms with Crippen LogP contribution in [0.2, 0.25) is 0 Å². The fourth-order valence-electron chi connectivity index (χ4n) is 6.84. The predicted molar refractivity (Wildman–Crippen MR) is 164 cm³/mol. The molecular weight excluding hydrogens is 552 g/mol. The van der Waals surface area contributed by atoms with E-state index < -0.39 is 28.8 Å². The second-order valence-electron chi connectivity index (χ2n) is 13.7. The molecule has 1 aromatic carbocycles. The zero-order valence-corrected chi connectivity index (χ0v) is 27.1. The average Bonchev–Trinajstić information content (AvgIpc) is 2.87. The quantitative estimate of drug-likeness (QED) is 0.441. The number of nitrogens with zero attached hydrogens (tertiary/aromatic N) is 4. The average molecular weight is 601 g/mol. The SMILES string of the molecule is [CH2]CN1CC(C)(C)N(CCN2C(C)(C)CN(CCOC(=O)Nc3cc(NC([O])=O)ccc3C)C(=O)C2(C)C)C(C)(C)C1=O. The molecule has 0 unspecified atom stereocenters. The number of benzene rings is 1. The van der Waals surface area contributed by atoms with Gasteiger partial charge in [-0.15, -0.1) is 0 Å². The molecule has 4 amide bonds. The molecule has 0 aliphatic carbocycles. The van der Waals surface area contributed by atoms with Crippen molar-refractivity contribution in [1.82, 2.24) is 19.6 Å². The maximum Gasteiger partial charge on any atom is 0.454 e. The highest BCUT2D eigenvalue weighted by molar-refractivity contribution is 5.89. The topological polar surface area (TPSA) is 134 Å². The summed E-state index contributed by atoms with van der Waals surface area (Å²) in [5, 5.41) is 15.6. The summed E-state index contributed by atoms with van der Waals surface area (Å²) < 4.78 is 5.38. The first-order valence-corrected chi connectivity index (χ1v) is 14.7. The van der Waals surface area contributed by atoms with Gasteiger partial charge in [0, 0.05) is 55.2 Å². The largest absolute Gasteiger partial charge is 0.454 e. The number of hydrogen-bond acceptors (Lipinski definition) is 7. The highest BCUT2D eigenvalue weighted by Gasteiger charge is 2.53. The van der Waals surface area contributed by atoms with E-state index in [-0.39, 0.29) is 36.2 Å². The lowest BCUT2D eigenvalue weighted by Gasteiger charge is -2.58. The molecule has 238 valence electrons. The van der Waals surface area contributed by atoms with Crippen molar-refractivity contribution in [1.29, 1.82) is 0 Å². The van der Waals surface area contributed by atoms with E-state index in [0.29, 0.717) is 38.4 Å². The lowest BCUT2D eigenvalue weighted by molar-refractivity contribution is -0.167. The Labute approximate surface area is 255 Å². The third kappa shape index (κ3) is 7.23. The van der Waals surface area contributed by atoms with Crippen LogP contribution in [-0.4, -0.2) is 112 Å². The number of nitrogens with one attached hydrogen (secondary N) is 2. The van der Waals surface area contributed by atoms with Crippen molar-refractivity contribution in [3.63, 3.8) is 0 Å². The highest BCUT2D eigenvalue weighted by atomic mass is 16.5. The lowest BCUT2D eigenvalue weighted by atomic mass is 9.85. The molecule has 2 aliphatic rings. The number of carbonyl (C=O) groups is 4. The third-order valence-corrected chi connectivity index (χ3v) is 8.72. The van der Waals surface area contributed by atoms with Crippen molar-refractivity contribution in [2.75, 3.05) is 56.5 Å². The second-order valence-corrected chi connectivity index (χ2v) is 13.7. The van der Waals surface area contributed by atoms with Gasteiger partial charge in [-0.2, -0.15) is 0 Å². The summed E-state index contributed by atoms with van der Waals surface area (Å²) in [7, 11) is 0. The smallest absolute Gasteiger partial charge is 0.447 e. The molecular formula is C31H48N6O6. The molecule has 2 heterocycles. The standard InChI is InChI=1S/C31H48N6O6/c1-11-34-19-28(3,4)36(30(7,8)24(34)38)14-15-37-29(5,6)20-35(25(39)31(37,9)10)16-17-43-27(42)33-23-18-22(32-26(40)41)13-12-21(23)2/h12-13,18,32H,1,11,14-17,19-20H2,2-10H3,(H,33,42). The Kier molecular flexibility index (Phi) is 9.77. The van der Waals surface area contributed by atoms with E-state index in [1.807, 2.05) is 32.6 Å². The van der Waals surface area contributed by atoms with Gasteiger partial charge >= 0.3 is 12.2 Å². The Morgan fingerprint density at radius 2 is 1.35 bits per heavy atom. The number of piperazine rings is 2. The Bertz CT molecular complexity index is 1240. The van der Waals surface area contributed by atoms with E-state index in [9.17, 15) is 24.3 Å². The van der Waals surface area contributed by atoms with Gasteiger partial charge in [-0.3, -0.25) is 30.0 Å².